The Labute approximate surface area is 198 Å². The van der Waals surface area contributed by atoms with Crippen LogP contribution in [0.1, 0.15) is 15.9 Å². The van der Waals surface area contributed by atoms with Crippen molar-refractivity contribution in [2.75, 3.05) is 49.2 Å². The van der Waals surface area contributed by atoms with Crippen molar-refractivity contribution in [2.45, 2.75) is 0 Å². The number of benzene rings is 3. The second kappa shape index (κ2) is 9.03. The standard InChI is InChI=1S/C27H27N5O2/c1-31-11-13-32(14-12-31)22-8-6-21(7-9-22)29-17-25-24-16-19(18-3-2-4-20(28)15-18)5-10-23(24)26(33)30-27(25)34/h2-10,15-17,29H,11-14,28H2,1H3,(H,30,33,34). The van der Waals surface area contributed by atoms with E-state index in [9.17, 15) is 9.59 Å². The molecule has 7 heteroatoms. The number of carbonyl (C=O) groups excluding carboxylic acids is 2. The van der Waals surface area contributed by atoms with Crippen LogP contribution in [0.15, 0.2) is 72.9 Å². The normalized spacial score (nSPS) is 17.4. The van der Waals surface area contributed by atoms with Crippen LogP contribution in [-0.2, 0) is 4.79 Å². The molecule has 0 bridgehead atoms. The zero-order chi connectivity index (χ0) is 23.7. The third-order valence-electron chi connectivity index (χ3n) is 6.36. The summed E-state index contributed by atoms with van der Waals surface area (Å²) in [7, 11) is 2.14. The topological polar surface area (TPSA) is 90.7 Å². The predicted octanol–water partition coefficient (Wildman–Crippen LogP) is 3.41. The molecule has 0 saturated carbocycles. The number of anilines is 3. The first-order valence-electron chi connectivity index (χ1n) is 11.3. The molecule has 5 rings (SSSR count). The molecule has 2 heterocycles. The lowest BCUT2D eigenvalue weighted by Crippen LogP contribution is -2.44. The molecule has 2 amide bonds. The molecule has 1 fully saturated rings. The predicted molar refractivity (Wildman–Crippen MR) is 137 cm³/mol. The highest BCUT2D eigenvalue weighted by Crippen LogP contribution is 2.30. The number of fused-ring (bicyclic) bond motifs is 1. The molecule has 4 N–H and O–H groups in total. The van der Waals surface area contributed by atoms with E-state index in [1.165, 1.54) is 5.69 Å². The third kappa shape index (κ3) is 4.38. The maximum atomic E-state index is 12.7. The summed E-state index contributed by atoms with van der Waals surface area (Å²) in [5.74, 6) is -0.823. The molecule has 172 valence electrons. The number of hydrogen-bond acceptors (Lipinski definition) is 6. The van der Waals surface area contributed by atoms with Crippen molar-refractivity contribution >= 4 is 34.4 Å². The summed E-state index contributed by atoms with van der Waals surface area (Å²) in [5, 5.41) is 5.65. The van der Waals surface area contributed by atoms with E-state index in [2.05, 4.69) is 39.6 Å². The third-order valence-corrected chi connectivity index (χ3v) is 6.36. The molecule has 1 saturated heterocycles. The number of imide groups is 1. The first kappa shape index (κ1) is 21.7. The van der Waals surface area contributed by atoms with Gasteiger partial charge < -0.3 is 20.9 Å². The highest BCUT2D eigenvalue weighted by molar-refractivity contribution is 6.31. The van der Waals surface area contributed by atoms with Crippen molar-refractivity contribution in [1.29, 1.82) is 0 Å². The molecular formula is C27H27N5O2. The Bertz CT molecular complexity index is 1270. The maximum absolute atomic E-state index is 12.7. The van der Waals surface area contributed by atoms with Crippen molar-refractivity contribution in [3.05, 3.63) is 84.1 Å². The summed E-state index contributed by atoms with van der Waals surface area (Å²) >= 11 is 0. The minimum atomic E-state index is -0.427. The molecule has 7 nitrogen and oxygen atoms in total. The number of nitrogens with one attached hydrogen (secondary N) is 2. The monoisotopic (exact) mass is 453 g/mol. The average Bonchev–Trinajstić information content (AvgIpc) is 2.84. The number of nitrogens with two attached hydrogens (primary N) is 1. The maximum Gasteiger partial charge on any atom is 0.260 e. The van der Waals surface area contributed by atoms with Gasteiger partial charge in [0.2, 0.25) is 0 Å². The summed E-state index contributed by atoms with van der Waals surface area (Å²) < 4.78 is 0. The average molecular weight is 454 g/mol. The van der Waals surface area contributed by atoms with Gasteiger partial charge in [0.15, 0.2) is 0 Å². The Morgan fingerprint density at radius 3 is 2.32 bits per heavy atom. The van der Waals surface area contributed by atoms with Crippen LogP contribution >= 0.6 is 0 Å². The molecule has 3 aromatic carbocycles. The van der Waals surface area contributed by atoms with Crippen LogP contribution in [0.4, 0.5) is 17.1 Å². The van der Waals surface area contributed by atoms with Crippen molar-refractivity contribution < 1.29 is 9.59 Å². The smallest absolute Gasteiger partial charge is 0.260 e. The van der Waals surface area contributed by atoms with E-state index in [1.54, 1.807) is 12.3 Å². The lowest BCUT2D eigenvalue weighted by molar-refractivity contribution is -0.114. The fourth-order valence-electron chi connectivity index (χ4n) is 4.35. The SMILES string of the molecule is CN1CCN(c2ccc(NC=C3C(=O)NC(=O)c4ccc(-c5cccc(N)c5)cc43)cc2)CC1. The molecule has 2 aliphatic heterocycles. The Morgan fingerprint density at radius 2 is 1.59 bits per heavy atom. The molecule has 3 aromatic rings. The number of carbonyl (C=O) groups is 2. The van der Waals surface area contributed by atoms with Gasteiger partial charge in [-0.05, 0) is 66.7 Å². The zero-order valence-electron chi connectivity index (χ0n) is 19.0. The number of nitrogens with zero attached hydrogens (tertiary/aromatic N) is 2. The highest BCUT2D eigenvalue weighted by Gasteiger charge is 2.27. The lowest BCUT2D eigenvalue weighted by atomic mass is 9.91. The van der Waals surface area contributed by atoms with Crippen molar-refractivity contribution in [1.82, 2.24) is 10.2 Å². The van der Waals surface area contributed by atoms with Crippen molar-refractivity contribution in [2.24, 2.45) is 0 Å². The summed E-state index contributed by atoms with van der Waals surface area (Å²) in [6, 6.07) is 21.2. The summed E-state index contributed by atoms with van der Waals surface area (Å²) in [6.45, 7) is 4.12. The summed E-state index contributed by atoms with van der Waals surface area (Å²) in [5.41, 5.74) is 11.9. The van der Waals surface area contributed by atoms with Crippen LogP contribution in [0.25, 0.3) is 16.7 Å². The zero-order valence-corrected chi connectivity index (χ0v) is 19.0. The van der Waals surface area contributed by atoms with Gasteiger partial charge in [0, 0.05) is 60.6 Å². The van der Waals surface area contributed by atoms with Gasteiger partial charge in [-0.2, -0.15) is 0 Å². The van der Waals surface area contributed by atoms with E-state index in [-0.39, 0.29) is 0 Å². The van der Waals surface area contributed by atoms with Gasteiger partial charge in [-0.3, -0.25) is 14.9 Å². The van der Waals surface area contributed by atoms with E-state index in [0.717, 1.165) is 43.0 Å². The van der Waals surface area contributed by atoms with E-state index < -0.39 is 11.8 Å². The lowest BCUT2D eigenvalue weighted by Gasteiger charge is -2.34. The van der Waals surface area contributed by atoms with E-state index in [1.807, 2.05) is 48.5 Å². The van der Waals surface area contributed by atoms with Gasteiger partial charge in [0.1, 0.15) is 0 Å². The van der Waals surface area contributed by atoms with Crippen molar-refractivity contribution in [3.63, 3.8) is 0 Å². The van der Waals surface area contributed by atoms with Gasteiger partial charge in [0.05, 0.1) is 5.57 Å². The van der Waals surface area contributed by atoms with E-state index in [4.69, 9.17) is 5.73 Å². The van der Waals surface area contributed by atoms with Crippen LogP contribution in [0.2, 0.25) is 0 Å². The second-order valence-corrected chi connectivity index (χ2v) is 8.71. The molecule has 34 heavy (non-hydrogen) atoms. The van der Waals surface area contributed by atoms with Crippen LogP contribution in [0.3, 0.4) is 0 Å². The van der Waals surface area contributed by atoms with Crippen LogP contribution in [0, 0.1) is 0 Å². The fraction of sp³-hybridized carbons (Fsp3) is 0.185. The highest BCUT2D eigenvalue weighted by atomic mass is 16.2. The molecule has 0 aromatic heterocycles. The Morgan fingerprint density at radius 1 is 0.853 bits per heavy atom. The second-order valence-electron chi connectivity index (χ2n) is 8.71. The Hall–Kier alpha value is -4.10. The van der Waals surface area contributed by atoms with E-state index >= 15 is 0 Å². The summed E-state index contributed by atoms with van der Waals surface area (Å²) in [6.07, 6.45) is 1.66. The Kier molecular flexibility index (Phi) is 5.77. The molecule has 0 aliphatic carbocycles. The van der Waals surface area contributed by atoms with Gasteiger partial charge in [0.25, 0.3) is 11.8 Å². The molecule has 2 aliphatic rings. The molecular weight excluding hydrogens is 426 g/mol. The Balaban J connectivity index is 1.41. The molecule has 0 radical (unpaired) electrons. The van der Waals surface area contributed by atoms with Crippen molar-refractivity contribution in [3.8, 4) is 11.1 Å². The fourth-order valence-corrected chi connectivity index (χ4v) is 4.35. The minimum absolute atomic E-state index is 0.396. The number of likely N-dealkylation sites (N-methyl/N-ethyl adjacent to an activating group) is 1. The number of hydrogen-bond donors (Lipinski definition) is 3. The van der Waals surface area contributed by atoms with Gasteiger partial charge >= 0.3 is 0 Å². The van der Waals surface area contributed by atoms with Gasteiger partial charge in [-0.15, -0.1) is 0 Å². The summed E-state index contributed by atoms with van der Waals surface area (Å²) in [4.78, 5) is 29.8. The quantitative estimate of drug-likeness (QED) is 0.319. The molecule has 0 spiro atoms. The number of amides is 2. The van der Waals surface area contributed by atoms with Crippen LogP contribution in [-0.4, -0.2) is 49.9 Å². The van der Waals surface area contributed by atoms with Gasteiger partial charge in [-0.25, -0.2) is 0 Å². The first-order valence-corrected chi connectivity index (χ1v) is 11.3. The van der Waals surface area contributed by atoms with E-state index in [0.29, 0.717) is 22.4 Å². The number of piperazine rings is 1. The largest absolute Gasteiger partial charge is 0.399 e. The minimum Gasteiger partial charge on any atom is -0.399 e. The van der Waals surface area contributed by atoms with Gasteiger partial charge in [-0.1, -0.05) is 18.2 Å². The first-order chi connectivity index (χ1) is 16.5. The number of nitrogen functional groups attached to an aromatic ring is 1. The van der Waals surface area contributed by atoms with Crippen LogP contribution in [0.5, 0.6) is 0 Å². The number of rotatable bonds is 4. The molecule has 0 atom stereocenters. The molecule has 0 unspecified atom stereocenters. The van der Waals surface area contributed by atoms with Crippen LogP contribution < -0.4 is 21.3 Å².